The average molecular weight is 695 g/mol. The number of nitrogens with one attached hydrogen (secondary N) is 2. The number of fused-ring (bicyclic) bond motifs is 4. The van der Waals surface area contributed by atoms with Crippen molar-refractivity contribution in [1.82, 2.24) is 10.0 Å². The lowest BCUT2D eigenvalue weighted by molar-refractivity contribution is 0.0131. The van der Waals surface area contributed by atoms with E-state index in [1.807, 2.05) is 25.1 Å². The highest BCUT2D eigenvalue weighted by Gasteiger charge is 2.44. The molecule has 2 bridgehead atoms. The topological polar surface area (TPSA) is 109 Å². The number of anilines is 1. The minimum absolute atomic E-state index is 0.0358. The molecule has 5 aliphatic rings. The molecular weight excluding hydrogens is 648 g/mol. The van der Waals surface area contributed by atoms with Crippen LogP contribution in [0.3, 0.4) is 0 Å². The largest absolute Gasteiger partial charge is 0.490 e. The summed E-state index contributed by atoms with van der Waals surface area (Å²) in [6, 6.07) is 11.1. The summed E-state index contributed by atoms with van der Waals surface area (Å²) in [5.41, 5.74) is 3.48. The predicted octanol–water partition coefficient (Wildman–Crippen LogP) is 6.68. The van der Waals surface area contributed by atoms with Gasteiger partial charge in [-0.05, 0) is 116 Å². The van der Waals surface area contributed by atoms with E-state index in [1.165, 1.54) is 11.1 Å². The van der Waals surface area contributed by atoms with Gasteiger partial charge in [0.15, 0.2) is 0 Å². The number of aryl methyl sites for hydroxylation is 1. The van der Waals surface area contributed by atoms with Crippen LogP contribution in [0.15, 0.2) is 52.9 Å². The Morgan fingerprint density at radius 2 is 2.04 bits per heavy atom. The Bertz CT molecular complexity index is 1720. The van der Waals surface area contributed by atoms with Crippen LogP contribution in [0.2, 0.25) is 5.02 Å². The summed E-state index contributed by atoms with van der Waals surface area (Å²) in [6.45, 7) is 4.54. The monoisotopic (exact) mass is 694 g/mol. The summed E-state index contributed by atoms with van der Waals surface area (Å²) in [4.78, 5) is 29.1. The van der Waals surface area contributed by atoms with Crippen molar-refractivity contribution >= 4 is 39.1 Å². The number of methoxy groups -OCH3 is 1. The van der Waals surface area contributed by atoms with Crippen molar-refractivity contribution in [2.75, 3.05) is 44.0 Å². The number of hydrogen-bond acceptors (Lipinski definition) is 6. The zero-order valence-electron chi connectivity index (χ0n) is 27.9. The van der Waals surface area contributed by atoms with Crippen LogP contribution < -0.4 is 19.7 Å². The van der Waals surface area contributed by atoms with Gasteiger partial charge in [-0.2, -0.15) is 0 Å². The fourth-order valence-corrected chi connectivity index (χ4v) is 10.1. The molecule has 9 nitrogen and oxygen atoms in total. The van der Waals surface area contributed by atoms with Crippen LogP contribution in [0.25, 0.3) is 0 Å². The molecule has 7 rings (SSSR count). The molecule has 1 spiro atoms. The standard InChI is InChI=1S/C37H47ClN4O5S/c1-24-5-3-7-33(46-2)30-13-10-28(30)20-42-22-37(16-4-6-26-17-29(38)12-14-31(26)37)23-47-34-15-11-27(18-32(34)42)35(43)40-48(45,21-24)41-36(44)39-19-25-8-9-25/h3,7,11-12,14-15,17-18,24-25,28,30,33H,4-6,8-10,13,16,19-23H2,1-2H3,(H2,39,40,41,43,44,45)/b7-3+/t24-,28-,30+,33-,37-,48-/m0/s1. The maximum absolute atomic E-state index is 14.3. The lowest BCUT2D eigenvalue weighted by atomic mass is 9.68. The number of rotatable bonds is 4. The van der Waals surface area contributed by atoms with Gasteiger partial charge in [-0.1, -0.05) is 36.7 Å². The molecule has 2 aromatic carbocycles. The van der Waals surface area contributed by atoms with E-state index in [2.05, 4.69) is 43.6 Å². The van der Waals surface area contributed by atoms with Crippen LogP contribution in [0.1, 0.15) is 73.4 Å². The lowest BCUT2D eigenvalue weighted by Gasteiger charge is -2.46. The number of hydrogen-bond donors (Lipinski definition) is 2. The van der Waals surface area contributed by atoms with Crippen LogP contribution in [0.5, 0.6) is 5.75 Å². The second kappa shape index (κ2) is 13.7. The Hall–Kier alpha value is -3.08. The van der Waals surface area contributed by atoms with E-state index in [0.717, 1.165) is 74.5 Å². The molecule has 258 valence electrons. The molecule has 0 unspecified atom stereocenters. The number of urea groups is 1. The highest BCUT2D eigenvalue weighted by Crippen LogP contribution is 2.47. The minimum Gasteiger partial charge on any atom is -0.490 e. The smallest absolute Gasteiger partial charge is 0.327 e. The second-order valence-electron chi connectivity index (χ2n) is 14.7. The number of carbonyl (C=O) groups excluding carboxylic acids is 2. The second-order valence-corrected chi connectivity index (χ2v) is 17.2. The van der Waals surface area contributed by atoms with Gasteiger partial charge in [0, 0.05) is 42.7 Å². The summed E-state index contributed by atoms with van der Waals surface area (Å²) in [5, 5.41) is 3.56. The zero-order chi connectivity index (χ0) is 33.5. The fourth-order valence-electron chi connectivity index (χ4n) is 8.11. The third-order valence-electron chi connectivity index (χ3n) is 11.0. The number of carbonyl (C=O) groups is 2. The highest BCUT2D eigenvalue weighted by atomic mass is 35.5. The summed E-state index contributed by atoms with van der Waals surface area (Å²) >= 11 is 6.44. The number of ether oxygens (including phenoxy) is 2. The Balaban J connectivity index is 1.28. The third kappa shape index (κ3) is 7.12. The molecule has 48 heavy (non-hydrogen) atoms. The molecule has 2 aromatic rings. The van der Waals surface area contributed by atoms with Gasteiger partial charge in [0.05, 0.1) is 24.2 Å². The molecule has 6 atom stereocenters. The predicted molar refractivity (Wildman–Crippen MR) is 189 cm³/mol. The van der Waals surface area contributed by atoms with Crippen LogP contribution in [-0.2, 0) is 26.5 Å². The van der Waals surface area contributed by atoms with Gasteiger partial charge in [0.2, 0.25) is 0 Å². The molecule has 2 saturated carbocycles. The van der Waals surface area contributed by atoms with Gasteiger partial charge in [-0.25, -0.2) is 9.00 Å². The van der Waals surface area contributed by atoms with Crippen LogP contribution in [-0.4, -0.2) is 61.4 Å². The normalized spacial score (nSPS) is 32.4. The van der Waals surface area contributed by atoms with Crippen molar-refractivity contribution in [3.05, 3.63) is 70.3 Å². The van der Waals surface area contributed by atoms with Gasteiger partial charge in [0.25, 0.3) is 5.91 Å². The van der Waals surface area contributed by atoms with Crippen LogP contribution in [0, 0.1) is 23.7 Å². The van der Waals surface area contributed by atoms with E-state index in [4.69, 9.17) is 21.1 Å². The summed E-state index contributed by atoms with van der Waals surface area (Å²) in [7, 11) is -1.66. The molecule has 0 aromatic heterocycles. The quantitative estimate of drug-likeness (QED) is 0.346. The number of benzene rings is 2. The Labute approximate surface area is 289 Å². The molecular formula is C37H47ClN4O5S. The highest BCUT2D eigenvalue weighted by molar-refractivity contribution is 7.92. The van der Waals surface area contributed by atoms with Gasteiger partial charge in [-0.15, -0.1) is 4.36 Å². The summed E-state index contributed by atoms with van der Waals surface area (Å²) < 4.78 is 33.8. The first-order valence-corrected chi connectivity index (χ1v) is 19.5. The first-order valence-electron chi connectivity index (χ1n) is 17.5. The van der Waals surface area contributed by atoms with Crippen molar-refractivity contribution in [2.24, 2.45) is 28.0 Å². The average Bonchev–Trinajstić information content (AvgIpc) is 3.88. The third-order valence-corrected chi connectivity index (χ3v) is 13.2. The molecule has 2 N–H and O–H groups in total. The molecule has 2 fully saturated rings. The van der Waals surface area contributed by atoms with Crippen LogP contribution >= 0.6 is 11.6 Å². The molecule has 3 amide bonds. The van der Waals surface area contributed by atoms with Crippen molar-refractivity contribution < 1.29 is 23.3 Å². The summed E-state index contributed by atoms with van der Waals surface area (Å²) in [5.74, 6) is 1.28. The van der Waals surface area contributed by atoms with Gasteiger partial charge in [0.1, 0.15) is 15.7 Å². The fraction of sp³-hybridized carbons (Fsp3) is 0.568. The van der Waals surface area contributed by atoms with Gasteiger partial charge >= 0.3 is 6.03 Å². The van der Waals surface area contributed by atoms with E-state index in [0.29, 0.717) is 42.9 Å². The molecule has 0 saturated heterocycles. The first-order chi connectivity index (χ1) is 23.1. The van der Waals surface area contributed by atoms with E-state index in [1.54, 1.807) is 13.2 Å². The first kappa shape index (κ1) is 33.4. The van der Waals surface area contributed by atoms with E-state index < -0.39 is 21.9 Å². The molecule has 3 aliphatic carbocycles. The maximum Gasteiger partial charge on any atom is 0.327 e. The van der Waals surface area contributed by atoms with Gasteiger partial charge in [-0.3, -0.25) is 9.52 Å². The molecule has 0 radical (unpaired) electrons. The van der Waals surface area contributed by atoms with Gasteiger partial charge < -0.3 is 19.7 Å². The number of nitrogens with zero attached hydrogens (tertiary/aromatic N) is 2. The summed E-state index contributed by atoms with van der Waals surface area (Å²) in [6.07, 6.45) is 12.2. The SMILES string of the molecule is CO[C@H]1/C=C/C[C@H](C)C[S@@](=O)(NC(=O)NCC2CC2)=NC(=O)c2ccc3c(c2)N(C[C@@H]2CC[C@H]21)C[C@@]1(CCCc2cc(Cl)ccc21)CO3. The van der Waals surface area contributed by atoms with E-state index in [9.17, 15) is 13.8 Å². The Morgan fingerprint density at radius 1 is 1.19 bits per heavy atom. The molecule has 2 heterocycles. The van der Waals surface area contributed by atoms with Crippen molar-refractivity contribution in [3.63, 3.8) is 0 Å². The Kier molecular flexibility index (Phi) is 9.52. The van der Waals surface area contributed by atoms with Crippen LogP contribution in [0.4, 0.5) is 10.5 Å². The molecule has 2 aliphatic heterocycles. The van der Waals surface area contributed by atoms with Crippen molar-refractivity contribution in [3.8, 4) is 5.75 Å². The lowest BCUT2D eigenvalue weighted by Crippen LogP contribution is -2.49. The number of amides is 3. The molecule has 11 heteroatoms. The van der Waals surface area contributed by atoms with E-state index >= 15 is 0 Å². The maximum atomic E-state index is 14.3. The van der Waals surface area contributed by atoms with Crippen molar-refractivity contribution in [1.29, 1.82) is 0 Å². The Morgan fingerprint density at radius 3 is 2.81 bits per heavy atom. The zero-order valence-corrected chi connectivity index (χ0v) is 29.5. The number of halogens is 1. The van der Waals surface area contributed by atoms with Crippen molar-refractivity contribution in [2.45, 2.75) is 69.8 Å². The number of allylic oxidation sites excluding steroid dienone is 1. The van der Waals surface area contributed by atoms with E-state index in [-0.39, 0.29) is 23.2 Å². The minimum atomic E-state index is -3.43.